The van der Waals surface area contributed by atoms with E-state index in [1.807, 2.05) is 0 Å². The van der Waals surface area contributed by atoms with Gasteiger partial charge < -0.3 is 20.3 Å². The predicted octanol–water partition coefficient (Wildman–Crippen LogP) is 0.00138. The molecule has 0 saturated heterocycles. The van der Waals surface area contributed by atoms with Gasteiger partial charge in [0.15, 0.2) is 5.60 Å². The number of nitrogens with one attached hydrogen (secondary N) is 1. The van der Waals surface area contributed by atoms with Crippen LogP contribution in [-0.4, -0.2) is 53.5 Å². The van der Waals surface area contributed by atoms with Crippen LogP contribution in [0.15, 0.2) is 0 Å². The van der Waals surface area contributed by atoms with Crippen molar-refractivity contribution in [3.63, 3.8) is 0 Å². The van der Waals surface area contributed by atoms with Crippen LogP contribution in [0.3, 0.4) is 0 Å². The number of hydrogen-bond acceptors (Lipinski definition) is 6. The van der Waals surface area contributed by atoms with Gasteiger partial charge in [0.2, 0.25) is 11.7 Å². The Morgan fingerprint density at radius 1 is 1.43 bits per heavy atom. The molecule has 0 aromatic rings. The normalized spacial score (nSPS) is 13.0. The van der Waals surface area contributed by atoms with Crippen LogP contribution in [0, 0.1) is 11.3 Å². The molecule has 1 amide bonds. The number of nitriles is 1. The molecule has 23 heavy (non-hydrogen) atoms. The van der Waals surface area contributed by atoms with Crippen molar-refractivity contribution in [3.8, 4) is 6.07 Å². The number of ketones is 1. The number of carbonyl (C=O) groups is 3. The number of rotatable bonds is 9. The molecule has 9 heteroatoms. The molecule has 0 spiro atoms. The molecule has 0 unspecified atom stereocenters. The number of ether oxygens (including phenoxy) is 2. The highest BCUT2D eigenvalue weighted by Crippen LogP contribution is 2.11. The molecule has 2 atom stereocenters. The monoisotopic (exact) mass is 324 g/mol. The Labute approximate surface area is 134 Å². The van der Waals surface area contributed by atoms with Crippen molar-refractivity contribution in [3.05, 3.63) is 5.53 Å². The predicted molar refractivity (Wildman–Crippen MR) is 78.1 cm³/mol. The molecular formula is C14H20N4O5. The maximum atomic E-state index is 12.1. The summed E-state index contributed by atoms with van der Waals surface area (Å²) in [5.74, 6) is -1.94. The first-order chi connectivity index (χ1) is 10.7. The highest BCUT2D eigenvalue weighted by molar-refractivity contribution is 6.25. The quantitative estimate of drug-likeness (QED) is 0.274. The highest BCUT2D eigenvalue weighted by Gasteiger charge is 2.30. The van der Waals surface area contributed by atoms with Gasteiger partial charge in [0.05, 0.1) is 0 Å². The first kappa shape index (κ1) is 20.4. The van der Waals surface area contributed by atoms with Crippen LogP contribution in [0.2, 0.25) is 0 Å². The zero-order valence-corrected chi connectivity index (χ0v) is 13.5. The molecule has 0 aromatic heterocycles. The van der Waals surface area contributed by atoms with E-state index in [0.717, 1.165) is 0 Å². The fraction of sp³-hybridized carbons (Fsp3) is 0.643. The minimum Gasteiger partial charge on any atom is -0.443 e. The van der Waals surface area contributed by atoms with Crippen LogP contribution in [-0.2, 0) is 23.9 Å². The Bertz CT molecular complexity index is 546. The molecule has 0 heterocycles. The first-order valence-corrected chi connectivity index (χ1v) is 6.84. The summed E-state index contributed by atoms with van der Waals surface area (Å²) >= 11 is 0. The van der Waals surface area contributed by atoms with Gasteiger partial charge in [-0.3, -0.25) is 9.59 Å². The standard InChI is InChI=1S/C14H20N4O5/c1-9(22-4)12(20)18-11(6-5-10(19)7-17-16)13(21)23-14(2,3)8-15/h7,9,11H,5-6H2,1-4H3,(H,18,20)/t9-,11-/m0/s1. The molecule has 1 N–H and O–H groups in total. The van der Waals surface area contributed by atoms with E-state index in [1.165, 1.54) is 27.9 Å². The summed E-state index contributed by atoms with van der Waals surface area (Å²) in [6.07, 6.45) is -0.337. The lowest BCUT2D eigenvalue weighted by atomic mass is 10.1. The van der Waals surface area contributed by atoms with E-state index < -0.39 is 35.4 Å². The number of amides is 1. The second kappa shape index (κ2) is 9.46. The van der Waals surface area contributed by atoms with Gasteiger partial charge in [-0.1, -0.05) is 0 Å². The zero-order chi connectivity index (χ0) is 18.0. The highest BCUT2D eigenvalue weighted by atomic mass is 16.6. The fourth-order valence-electron chi connectivity index (χ4n) is 1.41. The van der Waals surface area contributed by atoms with E-state index in [4.69, 9.17) is 20.3 Å². The third kappa shape index (κ3) is 7.85. The molecule has 0 bridgehead atoms. The van der Waals surface area contributed by atoms with E-state index in [1.54, 1.807) is 6.07 Å². The number of methoxy groups -OCH3 is 1. The molecule has 0 aliphatic carbocycles. The second-order valence-corrected chi connectivity index (χ2v) is 5.23. The molecule has 0 aromatic carbocycles. The van der Waals surface area contributed by atoms with Crippen molar-refractivity contribution < 1.29 is 28.6 Å². The van der Waals surface area contributed by atoms with Crippen molar-refractivity contribution in [2.24, 2.45) is 0 Å². The number of nitrogens with zero attached hydrogens (tertiary/aromatic N) is 3. The van der Waals surface area contributed by atoms with Gasteiger partial charge >= 0.3 is 12.2 Å². The van der Waals surface area contributed by atoms with E-state index in [2.05, 4.69) is 10.1 Å². The molecule has 0 rings (SSSR count). The Hall–Kier alpha value is -2.56. The van der Waals surface area contributed by atoms with Gasteiger partial charge in [0, 0.05) is 13.5 Å². The van der Waals surface area contributed by atoms with Crippen LogP contribution in [0.1, 0.15) is 33.6 Å². The SMILES string of the molecule is CO[C@@H](C)C(=O)N[C@@H](CCC(=O)C=[N+]=[N-])C(=O)OC(C)(C)C#N. The molecule has 0 aliphatic heterocycles. The van der Waals surface area contributed by atoms with Gasteiger partial charge in [-0.05, 0) is 27.2 Å². The lowest BCUT2D eigenvalue weighted by molar-refractivity contribution is -0.156. The molecule has 0 fully saturated rings. The Balaban J connectivity index is 5.02. The minimum absolute atomic E-state index is 0.0760. The second-order valence-electron chi connectivity index (χ2n) is 5.23. The fourth-order valence-corrected chi connectivity index (χ4v) is 1.41. The van der Waals surface area contributed by atoms with E-state index in [0.29, 0.717) is 6.21 Å². The van der Waals surface area contributed by atoms with Crippen molar-refractivity contribution in [2.75, 3.05) is 7.11 Å². The third-order valence-corrected chi connectivity index (χ3v) is 2.83. The zero-order valence-electron chi connectivity index (χ0n) is 13.5. The average Bonchev–Trinajstić information content (AvgIpc) is 2.49. The lowest BCUT2D eigenvalue weighted by Crippen LogP contribution is -2.47. The van der Waals surface area contributed by atoms with Crippen LogP contribution >= 0.6 is 0 Å². The van der Waals surface area contributed by atoms with Gasteiger partial charge in [0.25, 0.3) is 0 Å². The van der Waals surface area contributed by atoms with Crippen molar-refractivity contribution in [1.82, 2.24) is 5.32 Å². The summed E-state index contributed by atoms with van der Waals surface area (Å²) in [5.41, 5.74) is 6.91. The van der Waals surface area contributed by atoms with Crippen molar-refractivity contribution in [2.45, 2.75) is 51.4 Å². The maximum Gasteiger partial charge on any atom is 0.330 e. The summed E-state index contributed by atoms with van der Waals surface area (Å²) in [4.78, 5) is 37.9. The van der Waals surface area contributed by atoms with Gasteiger partial charge in [-0.2, -0.15) is 10.1 Å². The summed E-state index contributed by atoms with van der Waals surface area (Å²) in [5, 5.41) is 11.3. The van der Waals surface area contributed by atoms with Crippen LogP contribution < -0.4 is 5.32 Å². The van der Waals surface area contributed by atoms with Gasteiger partial charge in [-0.25, -0.2) is 4.79 Å². The van der Waals surface area contributed by atoms with E-state index in [-0.39, 0.29) is 12.8 Å². The summed E-state index contributed by atoms with van der Waals surface area (Å²) < 4.78 is 9.85. The topological polar surface area (TPSA) is 142 Å². The minimum atomic E-state index is -1.37. The largest absolute Gasteiger partial charge is 0.443 e. The third-order valence-electron chi connectivity index (χ3n) is 2.83. The van der Waals surface area contributed by atoms with Crippen LogP contribution in [0.25, 0.3) is 5.53 Å². The maximum absolute atomic E-state index is 12.1. The summed E-state index contributed by atoms with van der Waals surface area (Å²) in [7, 11) is 1.33. The first-order valence-electron chi connectivity index (χ1n) is 6.84. The molecule has 9 nitrogen and oxygen atoms in total. The number of carbonyl (C=O) groups excluding carboxylic acids is 3. The van der Waals surface area contributed by atoms with E-state index >= 15 is 0 Å². The van der Waals surface area contributed by atoms with Crippen LogP contribution in [0.5, 0.6) is 0 Å². The van der Waals surface area contributed by atoms with Crippen molar-refractivity contribution in [1.29, 1.82) is 5.26 Å². The smallest absolute Gasteiger partial charge is 0.330 e. The summed E-state index contributed by atoms with van der Waals surface area (Å²) in [6, 6.07) is 0.662. The van der Waals surface area contributed by atoms with Gasteiger partial charge in [-0.15, -0.1) is 0 Å². The van der Waals surface area contributed by atoms with E-state index in [9.17, 15) is 14.4 Å². The van der Waals surface area contributed by atoms with Crippen molar-refractivity contribution >= 4 is 23.9 Å². The molecular weight excluding hydrogens is 304 g/mol. The number of Topliss-reactive ketones (excluding diaryl/α,β-unsaturated/α-hetero) is 1. The number of hydrogen-bond donors (Lipinski definition) is 1. The summed E-state index contributed by atoms with van der Waals surface area (Å²) in [6.45, 7) is 4.27. The Morgan fingerprint density at radius 2 is 2.04 bits per heavy atom. The number of esters is 1. The Morgan fingerprint density at radius 3 is 2.52 bits per heavy atom. The average molecular weight is 324 g/mol. The molecule has 126 valence electrons. The van der Waals surface area contributed by atoms with Gasteiger partial charge in [0.1, 0.15) is 18.2 Å². The molecule has 0 aliphatic rings. The lowest BCUT2D eigenvalue weighted by Gasteiger charge is -2.23. The van der Waals surface area contributed by atoms with Crippen LogP contribution in [0.4, 0.5) is 0 Å². The molecule has 0 saturated carbocycles. The Kier molecular flexibility index (Phi) is 8.40. The molecule has 0 radical (unpaired) electrons.